The molecule has 0 spiro atoms. The van der Waals surface area contributed by atoms with Gasteiger partial charge in [-0.3, -0.25) is 19.8 Å². The lowest BCUT2D eigenvalue weighted by Crippen LogP contribution is -2.47. The van der Waals surface area contributed by atoms with Crippen molar-refractivity contribution in [3.63, 3.8) is 0 Å². The SMILES string of the molecule is C[C@]1(C2CC2)NC(=O)N(CC(=O)NC(=O)Nc2ccccc2)C1=O. The molecule has 2 aliphatic rings. The summed E-state index contributed by atoms with van der Waals surface area (Å²) >= 11 is 0. The highest BCUT2D eigenvalue weighted by Crippen LogP contribution is 2.42. The molecule has 6 amide bonds. The molecule has 8 heteroatoms. The van der Waals surface area contributed by atoms with E-state index in [1.54, 1.807) is 37.3 Å². The molecule has 0 radical (unpaired) electrons. The van der Waals surface area contributed by atoms with E-state index in [4.69, 9.17) is 0 Å². The van der Waals surface area contributed by atoms with Crippen molar-refractivity contribution in [2.75, 3.05) is 11.9 Å². The number of benzene rings is 1. The minimum atomic E-state index is -0.941. The molecule has 126 valence electrons. The van der Waals surface area contributed by atoms with Gasteiger partial charge in [0.1, 0.15) is 12.1 Å². The standard InChI is InChI=1S/C16H18N4O4/c1-16(10-7-8-10)13(22)20(15(24)19-16)9-12(21)18-14(23)17-11-5-3-2-4-6-11/h2-6,10H,7-9H2,1H3,(H,19,24)(H2,17,18,21,23)/t16-/m1/s1. The zero-order chi connectivity index (χ0) is 17.3. The second-order valence-corrected chi connectivity index (χ2v) is 6.17. The summed E-state index contributed by atoms with van der Waals surface area (Å²) in [7, 11) is 0. The zero-order valence-corrected chi connectivity index (χ0v) is 13.2. The normalized spacial score (nSPS) is 23.0. The molecule has 3 rings (SSSR count). The Morgan fingerprint density at radius 1 is 1.25 bits per heavy atom. The van der Waals surface area contributed by atoms with Gasteiger partial charge in [-0.2, -0.15) is 0 Å². The average Bonchev–Trinajstić information content (AvgIpc) is 3.34. The smallest absolute Gasteiger partial charge is 0.323 e. The predicted molar refractivity (Wildman–Crippen MR) is 85.0 cm³/mol. The van der Waals surface area contributed by atoms with Gasteiger partial charge < -0.3 is 10.6 Å². The number of rotatable bonds is 4. The molecule has 1 aromatic rings. The molecule has 24 heavy (non-hydrogen) atoms. The summed E-state index contributed by atoms with van der Waals surface area (Å²) in [6.45, 7) is 1.18. The van der Waals surface area contributed by atoms with Gasteiger partial charge in [-0.25, -0.2) is 9.59 Å². The summed E-state index contributed by atoms with van der Waals surface area (Å²) in [6, 6.07) is 7.29. The van der Waals surface area contributed by atoms with Crippen LogP contribution in [0.4, 0.5) is 15.3 Å². The Bertz CT molecular complexity index is 701. The van der Waals surface area contributed by atoms with E-state index in [2.05, 4.69) is 16.0 Å². The molecule has 0 aromatic heterocycles. The number of carbonyl (C=O) groups excluding carboxylic acids is 4. The van der Waals surface area contributed by atoms with Crippen molar-refractivity contribution in [1.82, 2.24) is 15.5 Å². The number of imide groups is 2. The Morgan fingerprint density at radius 2 is 1.92 bits per heavy atom. The van der Waals surface area contributed by atoms with Crippen LogP contribution >= 0.6 is 0 Å². The third-order valence-electron chi connectivity index (χ3n) is 4.28. The van der Waals surface area contributed by atoms with Gasteiger partial charge in [-0.1, -0.05) is 18.2 Å². The number of hydrogen-bond donors (Lipinski definition) is 3. The van der Waals surface area contributed by atoms with Crippen LogP contribution in [-0.2, 0) is 9.59 Å². The Kier molecular flexibility index (Phi) is 3.96. The minimum absolute atomic E-state index is 0.114. The van der Waals surface area contributed by atoms with Crippen LogP contribution < -0.4 is 16.0 Å². The highest BCUT2D eigenvalue weighted by Gasteiger charge is 2.56. The molecule has 3 N–H and O–H groups in total. The molecule has 1 aliphatic heterocycles. The van der Waals surface area contributed by atoms with Crippen LogP contribution in [0.3, 0.4) is 0 Å². The first-order valence-electron chi connectivity index (χ1n) is 7.70. The Morgan fingerprint density at radius 3 is 2.54 bits per heavy atom. The van der Waals surface area contributed by atoms with Crippen LogP contribution in [0.1, 0.15) is 19.8 Å². The fourth-order valence-electron chi connectivity index (χ4n) is 2.79. The van der Waals surface area contributed by atoms with E-state index in [1.807, 2.05) is 0 Å². The molecule has 0 bridgehead atoms. The van der Waals surface area contributed by atoms with Crippen molar-refractivity contribution < 1.29 is 19.2 Å². The third-order valence-corrected chi connectivity index (χ3v) is 4.28. The fraction of sp³-hybridized carbons (Fsp3) is 0.375. The molecule has 8 nitrogen and oxygen atoms in total. The molecule has 1 atom stereocenters. The van der Waals surface area contributed by atoms with Crippen LogP contribution in [0, 0.1) is 5.92 Å². The minimum Gasteiger partial charge on any atom is -0.323 e. The number of carbonyl (C=O) groups is 4. The Labute approximate surface area is 138 Å². The van der Waals surface area contributed by atoms with E-state index in [-0.39, 0.29) is 5.92 Å². The summed E-state index contributed by atoms with van der Waals surface area (Å²) in [6.07, 6.45) is 1.75. The Balaban J connectivity index is 1.56. The number of nitrogens with one attached hydrogen (secondary N) is 3. The summed E-state index contributed by atoms with van der Waals surface area (Å²) < 4.78 is 0. The number of anilines is 1. The average molecular weight is 330 g/mol. The van der Waals surface area contributed by atoms with Gasteiger partial charge in [-0.05, 0) is 37.8 Å². The topological polar surface area (TPSA) is 108 Å². The molecule has 1 saturated carbocycles. The second kappa shape index (κ2) is 5.95. The van der Waals surface area contributed by atoms with Crippen molar-refractivity contribution in [3.8, 4) is 0 Å². The maximum atomic E-state index is 12.4. The largest absolute Gasteiger partial charge is 0.325 e. The monoisotopic (exact) mass is 330 g/mol. The summed E-state index contributed by atoms with van der Waals surface area (Å²) in [5.41, 5.74) is -0.414. The van der Waals surface area contributed by atoms with E-state index in [0.717, 1.165) is 17.7 Å². The Hall–Kier alpha value is -2.90. The summed E-state index contributed by atoms with van der Waals surface area (Å²) in [5, 5.41) is 7.24. The van der Waals surface area contributed by atoms with E-state index < -0.39 is 36.0 Å². The van der Waals surface area contributed by atoms with E-state index in [0.29, 0.717) is 5.69 Å². The highest BCUT2D eigenvalue weighted by molar-refractivity contribution is 6.10. The van der Waals surface area contributed by atoms with Crippen LogP contribution in [-0.4, -0.2) is 40.9 Å². The number of amides is 6. The summed E-state index contributed by atoms with van der Waals surface area (Å²) in [4.78, 5) is 48.9. The number of hydrogen-bond acceptors (Lipinski definition) is 4. The van der Waals surface area contributed by atoms with Crippen LogP contribution in [0.15, 0.2) is 30.3 Å². The first kappa shape index (κ1) is 16.0. The first-order chi connectivity index (χ1) is 11.4. The van der Waals surface area contributed by atoms with Gasteiger partial charge in [0.15, 0.2) is 0 Å². The van der Waals surface area contributed by atoms with Crippen LogP contribution in [0.5, 0.6) is 0 Å². The van der Waals surface area contributed by atoms with Crippen LogP contribution in [0.2, 0.25) is 0 Å². The molecule has 1 aromatic carbocycles. The summed E-state index contributed by atoms with van der Waals surface area (Å²) in [5.74, 6) is -1.04. The lowest BCUT2D eigenvalue weighted by Gasteiger charge is -2.20. The molecule has 2 fully saturated rings. The number of urea groups is 2. The molecular weight excluding hydrogens is 312 g/mol. The number of para-hydroxylation sites is 1. The van der Waals surface area contributed by atoms with Gasteiger partial charge >= 0.3 is 12.1 Å². The maximum Gasteiger partial charge on any atom is 0.325 e. The quantitative estimate of drug-likeness (QED) is 0.717. The molecule has 1 heterocycles. The zero-order valence-electron chi connectivity index (χ0n) is 13.2. The molecular formula is C16H18N4O4. The molecule has 1 aliphatic carbocycles. The number of nitrogens with zero attached hydrogens (tertiary/aromatic N) is 1. The van der Waals surface area contributed by atoms with E-state index >= 15 is 0 Å². The first-order valence-corrected chi connectivity index (χ1v) is 7.70. The van der Waals surface area contributed by atoms with E-state index in [1.165, 1.54) is 0 Å². The predicted octanol–water partition coefficient (Wildman–Crippen LogP) is 1.06. The van der Waals surface area contributed by atoms with Crippen LogP contribution in [0.25, 0.3) is 0 Å². The van der Waals surface area contributed by atoms with Crippen molar-refractivity contribution in [2.45, 2.75) is 25.3 Å². The fourth-order valence-corrected chi connectivity index (χ4v) is 2.79. The van der Waals surface area contributed by atoms with Gasteiger partial charge in [0.2, 0.25) is 5.91 Å². The van der Waals surface area contributed by atoms with Crippen molar-refractivity contribution >= 4 is 29.6 Å². The maximum absolute atomic E-state index is 12.4. The van der Waals surface area contributed by atoms with Gasteiger partial charge in [0.25, 0.3) is 5.91 Å². The van der Waals surface area contributed by atoms with Crippen molar-refractivity contribution in [2.24, 2.45) is 5.92 Å². The third kappa shape index (κ3) is 3.08. The van der Waals surface area contributed by atoms with Crippen molar-refractivity contribution in [1.29, 1.82) is 0 Å². The van der Waals surface area contributed by atoms with E-state index in [9.17, 15) is 19.2 Å². The second-order valence-electron chi connectivity index (χ2n) is 6.17. The highest BCUT2D eigenvalue weighted by atomic mass is 16.2. The van der Waals surface area contributed by atoms with Crippen molar-refractivity contribution in [3.05, 3.63) is 30.3 Å². The van der Waals surface area contributed by atoms with Gasteiger partial charge in [0, 0.05) is 5.69 Å². The molecule has 1 saturated heterocycles. The lowest BCUT2D eigenvalue weighted by atomic mass is 9.96. The lowest BCUT2D eigenvalue weighted by molar-refractivity contribution is -0.134. The van der Waals surface area contributed by atoms with Gasteiger partial charge in [-0.15, -0.1) is 0 Å². The van der Waals surface area contributed by atoms with Gasteiger partial charge in [0.05, 0.1) is 0 Å². The molecule has 0 unspecified atom stereocenters.